The van der Waals surface area contributed by atoms with Crippen LogP contribution in [-0.4, -0.2) is 25.7 Å². The maximum absolute atomic E-state index is 13.9. The largest absolute Gasteiger partial charge is 0.404 e. The van der Waals surface area contributed by atoms with Gasteiger partial charge in [0.25, 0.3) is 11.4 Å². The molecule has 0 N–H and O–H groups in total. The zero-order chi connectivity index (χ0) is 19.1. The summed E-state index contributed by atoms with van der Waals surface area (Å²) in [5.74, 6) is -2.19. The number of rotatable bonds is 3. The molecule has 136 valence electrons. The molecule has 0 radical (unpaired) electrons. The van der Waals surface area contributed by atoms with Crippen molar-refractivity contribution in [2.24, 2.45) is 0 Å². The van der Waals surface area contributed by atoms with Crippen LogP contribution in [0, 0.1) is 11.6 Å². The van der Waals surface area contributed by atoms with Crippen molar-refractivity contribution in [1.29, 1.82) is 0 Å². The normalized spacial score (nSPS) is 11.2. The molecule has 4 rings (SSSR count). The molecule has 0 aliphatic heterocycles. The molecule has 0 amide bonds. The van der Waals surface area contributed by atoms with E-state index in [1.807, 2.05) is 0 Å². The highest BCUT2D eigenvalue weighted by molar-refractivity contribution is 7.18. The van der Waals surface area contributed by atoms with Crippen molar-refractivity contribution < 1.29 is 18.3 Å². The first-order valence-corrected chi connectivity index (χ1v) is 8.53. The molecule has 0 spiro atoms. The molecule has 0 saturated heterocycles. The number of hydrogen-bond donors (Lipinski definition) is 0. The van der Waals surface area contributed by atoms with Crippen molar-refractivity contribution in [1.82, 2.24) is 19.7 Å². The van der Waals surface area contributed by atoms with Crippen LogP contribution >= 0.6 is 11.3 Å². The highest BCUT2D eigenvalue weighted by Gasteiger charge is 2.17. The zero-order valence-corrected chi connectivity index (χ0v) is 14.6. The van der Waals surface area contributed by atoms with Gasteiger partial charge in [0.05, 0.1) is 22.1 Å². The third-order valence-electron chi connectivity index (χ3n) is 3.67. The Morgan fingerprint density at radius 1 is 1.33 bits per heavy atom. The number of nitrogens with zero attached hydrogens (tertiary/aromatic N) is 4. The predicted molar refractivity (Wildman–Crippen MR) is 93.7 cm³/mol. The van der Waals surface area contributed by atoms with Gasteiger partial charge in [0.15, 0.2) is 0 Å². The van der Waals surface area contributed by atoms with Crippen molar-refractivity contribution in [2.45, 2.75) is 13.5 Å². The van der Waals surface area contributed by atoms with Gasteiger partial charge in [0.2, 0.25) is 0 Å². The predicted octanol–water partition coefficient (Wildman–Crippen LogP) is 2.65. The fraction of sp³-hybridized carbons (Fsp3) is 0.118. The lowest BCUT2D eigenvalue weighted by Crippen LogP contribution is -2.25. The van der Waals surface area contributed by atoms with Gasteiger partial charge in [-0.2, -0.15) is 0 Å². The standard InChI is InChI=1S/C17H10F2N4O3S/c1-8(24)26-16-14-10(3-2-4-20-14)17(25)23(22-16)7-13-21-12-6-9(18)5-11(19)15(12)27-13/h2-6H,7H2,1H3. The third kappa shape index (κ3) is 3.14. The smallest absolute Gasteiger partial charge is 0.309 e. The van der Waals surface area contributed by atoms with Crippen LogP contribution in [-0.2, 0) is 11.3 Å². The van der Waals surface area contributed by atoms with Gasteiger partial charge in [-0.1, -0.05) is 0 Å². The summed E-state index contributed by atoms with van der Waals surface area (Å²) < 4.78 is 33.5. The first-order chi connectivity index (χ1) is 12.9. The number of carbonyl (C=O) groups is 1. The van der Waals surface area contributed by atoms with Crippen molar-refractivity contribution in [3.8, 4) is 5.88 Å². The van der Waals surface area contributed by atoms with Crippen molar-refractivity contribution in [3.63, 3.8) is 0 Å². The second kappa shape index (κ2) is 6.47. The molecule has 0 saturated carbocycles. The highest BCUT2D eigenvalue weighted by atomic mass is 32.1. The number of aromatic nitrogens is 4. The Labute approximate surface area is 153 Å². The summed E-state index contributed by atoms with van der Waals surface area (Å²) in [5, 5.41) is 4.60. The Balaban J connectivity index is 1.84. The number of ether oxygens (including phenoxy) is 1. The van der Waals surface area contributed by atoms with Crippen LogP contribution in [0.4, 0.5) is 8.78 Å². The lowest BCUT2D eigenvalue weighted by Gasteiger charge is -2.08. The number of halogens is 2. The van der Waals surface area contributed by atoms with E-state index in [4.69, 9.17) is 4.74 Å². The summed E-state index contributed by atoms with van der Waals surface area (Å²) >= 11 is 0.985. The molecule has 10 heteroatoms. The lowest BCUT2D eigenvalue weighted by atomic mass is 10.3. The van der Waals surface area contributed by atoms with E-state index in [2.05, 4.69) is 15.1 Å². The summed E-state index contributed by atoms with van der Waals surface area (Å²) in [6.07, 6.45) is 1.45. The summed E-state index contributed by atoms with van der Waals surface area (Å²) in [6.45, 7) is 1.11. The second-order valence-electron chi connectivity index (χ2n) is 5.60. The third-order valence-corrected chi connectivity index (χ3v) is 4.73. The molecule has 0 atom stereocenters. The van der Waals surface area contributed by atoms with Crippen LogP contribution in [0.5, 0.6) is 5.88 Å². The van der Waals surface area contributed by atoms with Gasteiger partial charge in [0.1, 0.15) is 22.2 Å². The Kier molecular flexibility index (Phi) is 4.11. The number of carbonyl (C=O) groups excluding carboxylic acids is 1. The van der Waals surface area contributed by atoms with Crippen LogP contribution < -0.4 is 10.3 Å². The van der Waals surface area contributed by atoms with E-state index in [0.717, 1.165) is 28.2 Å². The van der Waals surface area contributed by atoms with Gasteiger partial charge >= 0.3 is 5.97 Å². The summed E-state index contributed by atoms with van der Waals surface area (Å²) in [6, 6.07) is 4.99. The van der Waals surface area contributed by atoms with E-state index < -0.39 is 23.2 Å². The second-order valence-corrected chi connectivity index (χ2v) is 6.69. The van der Waals surface area contributed by atoms with E-state index >= 15 is 0 Å². The van der Waals surface area contributed by atoms with Crippen LogP contribution in [0.25, 0.3) is 21.1 Å². The molecule has 4 aromatic rings. The topological polar surface area (TPSA) is 87.0 Å². The Bertz CT molecular complexity index is 1270. The molecule has 27 heavy (non-hydrogen) atoms. The van der Waals surface area contributed by atoms with Crippen molar-refractivity contribution in [3.05, 3.63) is 57.5 Å². The average Bonchev–Trinajstić information content (AvgIpc) is 3.01. The summed E-state index contributed by atoms with van der Waals surface area (Å²) in [5.41, 5.74) is -0.158. The molecule has 0 aliphatic rings. The number of hydrogen-bond acceptors (Lipinski definition) is 7. The minimum atomic E-state index is -0.735. The number of pyridine rings is 1. The average molecular weight is 388 g/mol. The monoisotopic (exact) mass is 388 g/mol. The highest BCUT2D eigenvalue weighted by Crippen LogP contribution is 2.26. The van der Waals surface area contributed by atoms with Gasteiger partial charge < -0.3 is 4.74 Å². The van der Waals surface area contributed by atoms with Crippen molar-refractivity contribution >= 4 is 38.4 Å². The molecule has 3 heterocycles. The fourth-order valence-electron chi connectivity index (χ4n) is 2.60. The van der Waals surface area contributed by atoms with Gasteiger partial charge in [-0.25, -0.2) is 18.4 Å². The summed E-state index contributed by atoms with van der Waals surface area (Å²) in [7, 11) is 0. The zero-order valence-electron chi connectivity index (χ0n) is 13.8. The Morgan fingerprint density at radius 2 is 2.15 bits per heavy atom. The van der Waals surface area contributed by atoms with E-state index in [0.29, 0.717) is 5.01 Å². The maximum Gasteiger partial charge on any atom is 0.309 e. The first-order valence-electron chi connectivity index (χ1n) is 7.71. The van der Waals surface area contributed by atoms with Crippen LogP contribution in [0.1, 0.15) is 11.9 Å². The molecule has 0 bridgehead atoms. The molecule has 0 unspecified atom stereocenters. The van der Waals surface area contributed by atoms with Gasteiger partial charge in [-0.3, -0.25) is 14.6 Å². The summed E-state index contributed by atoms with van der Waals surface area (Å²) in [4.78, 5) is 32.2. The first kappa shape index (κ1) is 17.2. The van der Waals surface area contributed by atoms with Gasteiger partial charge in [-0.05, 0) is 12.1 Å². The number of benzene rings is 1. The molecule has 3 aromatic heterocycles. The van der Waals surface area contributed by atoms with Gasteiger partial charge in [-0.15, -0.1) is 16.4 Å². The van der Waals surface area contributed by atoms with Crippen LogP contribution in [0.15, 0.2) is 35.3 Å². The minimum absolute atomic E-state index is 0.0989. The van der Waals surface area contributed by atoms with Crippen molar-refractivity contribution in [2.75, 3.05) is 0 Å². The van der Waals surface area contributed by atoms with E-state index in [1.165, 1.54) is 19.2 Å². The number of fused-ring (bicyclic) bond motifs is 2. The molecular formula is C17H10F2N4O3S. The van der Waals surface area contributed by atoms with E-state index in [1.54, 1.807) is 6.07 Å². The van der Waals surface area contributed by atoms with Crippen LogP contribution in [0.3, 0.4) is 0 Å². The SMILES string of the molecule is CC(=O)Oc1nn(Cc2nc3cc(F)cc(F)c3s2)c(=O)c2cccnc12. The fourth-order valence-corrected chi connectivity index (χ4v) is 3.54. The Hall–Kier alpha value is -3.27. The molecule has 0 fully saturated rings. The molecule has 7 nitrogen and oxygen atoms in total. The molecular weight excluding hydrogens is 378 g/mol. The number of thiazole rings is 1. The van der Waals surface area contributed by atoms with Crippen LogP contribution in [0.2, 0.25) is 0 Å². The molecule has 0 aliphatic carbocycles. The van der Waals surface area contributed by atoms with E-state index in [-0.39, 0.29) is 33.5 Å². The van der Waals surface area contributed by atoms with Gasteiger partial charge in [0, 0.05) is 25.3 Å². The maximum atomic E-state index is 13.9. The molecule has 1 aromatic carbocycles. The lowest BCUT2D eigenvalue weighted by molar-refractivity contribution is -0.132. The van der Waals surface area contributed by atoms with E-state index in [9.17, 15) is 18.4 Å². The Morgan fingerprint density at radius 3 is 2.93 bits per heavy atom. The number of esters is 1. The quantitative estimate of drug-likeness (QED) is 0.502. The minimum Gasteiger partial charge on any atom is -0.404 e.